The molecule has 3 nitrogen and oxygen atoms in total. The number of hydrogen-bond acceptors (Lipinski definition) is 3. The van der Waals surface area contributed by atoms with E-state index >= 15 is 0 Å². The van der Waals surface area contributed by atoms with E-state index in [0.29, 0.717) is 11.3 Å². The fourth-order valence-corrected chi connectivity index (χ4v) is 1.69. The van der Waals surface area contributed by atoms with E-state index in [1.54, 1.807) is 12.1 Å². The van der Waals surface area contributed by atoms with Crippen LogP contribution in [0.2, 0.25) is 0 Å². The van der Waals surface area contributed by atoms with E-state index < -0.39 is 5.82 Å². The van der Waals surface area contributed by atoms with Gasteiger partial charge < -0.3 is 4.74 Å². The number of aromatic nitrogens is 1. The Labute approximate surface area is 112 Å². The van der Waals surface area contributed by atoms with Gasteiger partial charge in [0.2, 0.25) is 5.78 Å². The molecule has 0 spiro atoms. The maximum absolute atomic E-state index is 13.2. The highest BCUT2D eigenvalue weighted by Crippen LogP contribution is 2.20. The van der Waals surface area contributed by atoms with Gasteiger partial charge in [-0.2, -0.15) is 0 Å². The first-order valence-electron chi connectivity index (χ1n) is 5.11. The molecule has 1 heterocycles. The van der Waals surface area contributed by atoms with E-state index in [4.69, 9.17) is 4.74 Å². The molecule has 0 radical (unpaired) electrons. The zero-order valence-electron chi connectivity index (χ0n) is 9.48. The Hall–Kier alpha value is -1.75. The smallest absolute Gasteiger partial charge is 0.211 e. The number of pyridine rings is 1. The van der Waals surface area contributed by atoms with Crippen molar-refractivity contribution in [2.45, 2.75) is 0 Å². The first kappa shape index (κ1) is 12.7. The largest absolute Gasteiger partial charge is 0.494 e. The SMILES string of the molecule is COc1cc(C(=O)c2ccc(Br)cn2)ccc1F. The molecule has 1 aromatic heterocycles. The third-order valence-corrected chi connectivity index (χ3v) is 2.84. The van der Waals surface area contributed by atoms with E-state index in [9.17, 15) is 9.18 Å². The highest BCUT2D eigenvalue weighted by atomic mass is 79.9. The van der Waals surface area contributed by atoms with Crippen LogP contribution in [0.4, 0.5) is 4.39 Å². The van der Waals surface area contributed by atoms with Crippen LogP contribution < -0.4 is 4.74 Å². The van der Waals surface area contributed by atoms with Crippen LogP contribution in [0.15, 0.2) is 41.0 Å². The number of nitrogens with zero attached hydrogens (tertiary/aromatic N) is 1. The van der Waals surface area contributed by atoms with Gasteiger partial charge in [-0.1, -0.05) is 0 Å². The van der Waals surface area contributed by atoms with Crippen molar-refractivity contribution in [2.75, 3.05) is 7.11 Å². The van der Waals surface area contributed by atoms with Gasteiger partial charge in [-0.3, -0.25) is 9.78 Å². The lowest BCUT2D eigenvalue weighted by atomic mass is 10.1. The molecule has 0 saturated heterocycles. The summed E-state index contributed by atoms with van der Waals surface area (Å²) < 4.78 is 18.9. The maximum Gasteiger partial charge on any atom is 0.211 e. The zero-order chi connectivity index (χ0) is 13.1. The summed E-state index contributed by atoms with van der Waals surface area (Å²) in [5.41, 5.74) is 0.634. The maximum atomic E-state index is 13.2. The van der Waals surface area contributed by atoms with Crippen molar-refractivity contribution in [1.29, 1.82) is 0 Å². The Morgan fingerprint density at radius 3 is 2.72 bits per heavy atom. The van der Waals surface area contributed by atoms with Gasteiger partial charge in [0.05, 0.1) is 7.11 Å². The molecular formula is C13H9BrFNO2. The highest BCUT2D eigenvalue weighted by molar-refractivity contribution is 9.10. The van der Waals surface area contributed by atoms with Crippen LogP contribution in [0.5, 0.6) is 5.75 Å². The summed E-state index contributed by atoms with van der Waals surface area (Å²) >= 11 is 3.24. The van der Waals surface area contributed by atoms with Gasteiger partial charge in [0.1, 0.15) is 5.69 Å². The van der Waals surface area contributed by atoms with E-state index in [0.717, 1.165) is 4.47 Å². The summed E-state index contributed by atoms with van der Waals surface area (Å²) in [7, 11) is 1.35. The molecule has 2 rings (SSSR count). The lowest BCUT2D eigenvalue weighted by Crippen LogP contribution is -2.04. The fourth-order valence-electron chi connectivity index (χ4n) is 1.46. The molecule has 0 unspecified atom stereocenters. The third kappa shape index (κ3) is 2.56. The Morgan fingerprint density at radius 1 is 1.33 bits per heavy atom. The van der Waals surface area contributed by atoms with Gasteiger partial charge in [0, 0.05) is 16.2 Å². The molecule has 18 heavy (non-hydrogen) atoms. The fraction of sp³-hybridized carbons (Fsp3) is 0.0769. The summed E-state index contributed by atoms with van der Waals surface area (Å²) in [6.07, 6.45) is 1.54. The first-order valence-corrected chi connectivity index (χ1v) is 5.91. The molecule has 2 aromatic rings. The average molecular weight is 310 g/mol. The first-order chi connectivity index (χ1) is 8.61. The Kier molecular flexibility index (Phi) is 3.72. The highest BCUT2D eigenvalue weighted by Gasteiger charge is 2.13. The molecule has 0 aliphatic carbocycles. The van der Waals surface area contributed by atoms with Gasteiger partial charge in [-0.05, 0) is 46.3 Å². The molecule has 0 aliphatic rings. The molecule has 0 amide bonds. The van der Waals surface area contributed by atoms with E-state index in [2.05, 4.69) is 20.9 Å². The van der Waals surface area contributed by atoms with Crippen LogP contribution in [0, 0.1) is 5.82 Å². The number of halogens is 2. The van der Waals surface area contributed by atoms with Crippen molar-refractivity contribution >= 4 is 21.7 Å². The number of methoxy groups -OCH3 is 1. The summed E-state index contributed by atoms with van der Waals surface area (Å²) in [4.78, 5) is 16.1. The van der Waals surface area contributed by atoms with Crippen molar-refractivity contribution in [3.63, 3.8) is 0 Å². The summed E-state index contributed by atoms with van der Waals surface area (Å²) in [5.74, 6) is -0.739. The molecule has 5 heteroatoms. The number of ketones is 1. The monoisotopic (exact) mass is 309 g/mol. The summed E-state index contributed by atoms with van der Waals surface area (Å²) in [5, 5.41) is 0. The van der Waals surface area contributed by atoms with Crippen LogP contribution in [-0.4, -0.2) is 17.9 Å². The van der Waals surface area contributed by atoms with Crippen molar-refractivity contribution in [3.05, 3.63) is 58.1 Å². The summed E-state index contributed by atoms with van der Waals surface area (Å²) in [6, 6.07) is 7.29. The molecule has 0 saturated carbocycles. The van der Waals surface area contributed by atoms with E-state index in [1.165, 1.54) is 31.5 Å². The zero-order valence-corrected chi connectivity index (χ0v) is 11.1. The van der Waals surface area contributed by atoms with Gasteiger partial charge in [0.25, 0.3) is 0 Å². The molecule has 0 fully saturated rings. The quantitative estimate of drug-likeness (QED) is 0.817. The minimum atomic E-state index is -0.502. The molecule has 0 atom stereocenters. The second-order valence-electron chi connectivity index (χ2n) is 3.54. The number of carbonyl (C=O) groups excluding carboxylic acids is 1. The van der Waals surface area contributed by atoms with Crippen molar-refractivity contribution < 1.29 is 13.9 Å². The lowest BCUT2D eigenvalue weighted by molar-refractivity contribution is 0.103. The lowest BCUT2D eigenvalue weighted by Gasteiger charge is -2.05. The second-order valence-corrected chi connectivity index (χ2v) is 4.46. The number of hydrogen-bond donors (Lipinski definition) is 0. The molecule has 0 N–H and O–H groups in total. The van der Waals surface area contributed by atoms with Gasteiger partial charge in [-0.25, -0.2) is 4.39 Å². The predicted octanol–water partition coefficient (Wildman–Crippen LogP) is 3.22. The third-order valence-electron chi connectivity index (χ3n) is 2.37. The van der Waals surface area contributed by atoms with Crippen molar-refractivity contribution in [2.24, 2.45) is 0 Å². The molecule has 92 valence electrons. The van der Waals surface area contributed by atoms with Crippen LogP contribution in [0.3, 0.4) is 0 Å². The topological polar surface area (TPSA) is 39.2 Å². The Balaban J connectivity index is 2.37. The van der Waals surface area contributed by atoms with Crippen LogP contribution >= 0.6 is 15.9 Å². The van der Waals surface area contributed by atoms with Gasteiger partial charge in [-0.15, -0.1) is 0 Å². The van der Waals surface area contributed by atoms with Crippen LogP contribution in [-0.2, 0) is 0 Å². The average Bonchev–Trinajstić information content (AvgIpc) is 2.39. The predicted molar refractivity (Wildman–Crippen MR) is 68.3 cm³/mol. The molecule has 1 aromatic carbocycles. The van der Waals surface area contributed by atoms with Crippen molar-refractivity contribution in [3.8, 4) is 5.75 Å². The standard InChI is InChI=1S/C13H9BrFNO2/c1-18-12-6-8(2-4-10(12)15)13(17)11-5-3-9(14)7-16-11/h2-7H,1H3. The second kappa shape index (κ2) is 5.27. The Morgan fingerprint density at radius 2 is 2.11 bits per heavy atom. The minimum absolute atomic E-state index is 0.0398. The molecule has 0 bridgehead atoms. The van der Waals surface area contributed by atoms with E-state index in [-0.39, 0.29) is 11.5 Å². The van der Waals surface area contributed by atoms with Crippen LogP contribution in [0.1, 0.15) is 16.1 Å². The number of carbonyl (C=O) groups is 1. The number of rotatable bonds is 3. The Bertz CT molecular complexity index is 584. The van der Waals surface area contributed by atoms with Crippen LogP contribution in [0.25, 0.3) is 0 Å². The number of benzene rings is 1. The molecule has 0 aliphatic heterocycles. The van der Waals surface area contributed by atoms with Crippen molar-refractivity contribution in [1.82, 2.24) is 4.98 Å². The van der Waals surface area contributed by atoms with E-state index in [1.807, 2.05) is 0 Å². The van der Waals surface area contributed by atoms with Gasteiger partial charge >= 0.3 is 0 Å². The normalized spacial score (nSPS) is 10.2. The van der Waals surface area contributed by atoms with Gasteiger partial charge in [0.15, 0.2) is 11.6 Å². The molecular weight excluding hydrogens is 301 g/mol. The minimum Gasteiger partial charge on any atom is -0.494 e. The number of ether oxygens (including phenoxy) is 1. The summed E-state index contributed by atoms with van der Waals surface area (Å²) in [6.45, 7) is 0.